The van der Waals surface area contributed by atoms with E-state index in [0.717, 1.165) is 5.56 Å². The fraction of sp³-hybridized carbons (Fsp3) is 0.385. The van der Waals surface area contributed by atoms with Crippen molar-refractivity contribution in [3.63, 3.8) is 0 Å². The van der Waals surface area contributed by atoms with Gasteiger partial charge in [-0.15, -0.1) is 0 Å². The molecule has 1 N–H and O–H groups in total. The fourth-order valence-electron chi connectivity index (χ4n) is 1.52. The first kappa shape index (κ1) is 14.5. The second-order valence-corrected chi connectivity index (χ2v) is 4.71. The lowest BCUT2D eigenvalue weighted by atomic mass is 10.1. The summed E-state index contributed by atoms with van der Waals surface area (Å²) in [5.74, 6) is -1.77. The number of benzene rings is 1. The number of rotatable bonds is 4. The lowest BCUT2D eigenvalue weighted by molar-refractivity contribution is -0.140. The summed E-state index contributed by atoms with van der Waals surface area (Å²) >= 11 is 6.01. The Morgan fingerprint density at radius 3 is 2.50 bits per heavy atom. The van der Waals surface area contributed by atoms with Crippen molar-refractivity contribution in [2.45, 2.75) is 20.8 Å². The van der Waals surface area contributed by atoms with Crippen LogP contribution in [0, 0.1) is 12.8 Å². The number of carboxylic acid groups (broad SMARTS) is 1. The molecule has 1 aromatic carbocycles. The van der Waals surface area contributed by atoms with Gasteiger partial charge >= 0.3 is 5.97 Å². The highest BCUT2D eigenvalue weighted by molar-refractivity contribution is 6.31. The number of carbonyl (C=O) groups excluding carboxylic acids is 1. The first-order chi connectivity index (χ1) is 8.32. The van der Waals surface area contributed by atoms with E-state index < -0.39 is 11.9 Å². The molecule has 98 valence electrons. The van der Waals surface area contributed by atoms with E-state index in [1.807, 2.05) is 6.92 Å². The zero-order valence-electron chi connectivity index (χ0n) is 10.6. The molecule has 0 aromatic heterocycles. The molecule has 0 bridgehead atoms. The molecule has 0 spiro atoms. The largest absolute Gasteiger partial charge is 0.481 e. The van der Waals surface area contributed by atoms with Crippen molar-refractivity contribution in [1.29, 1.82) is 0 Å². The number of halogens is 1. The fourth-order valence-corrected chi connectivity index (χ4v) is 1.69. The van der Waals surface area contributed by atoms with Gasteiger partial charge in [0.25, 0.3) is 0 Å². The maximum atomic E-state index is 11.6. The Labute approximate surface area is 111 Å². The molecule has 0 aliphatic carbocycles. The van der Waals surface area contributed by atoms with Gasteiger partial charge in [-0.3, -0.25) is 9.59 Å². The molecule has 0 saturated heterocycles. The van der Waals surface area contributed by atoms with Crippen LogP contribution in [0.15, 0.2) is 18.2 Å². The molecule has 0 heterocycles. The van der Waals surface area contributed by atoms with Crippen molar-refractivity contribution >= 4 is 29.2 Å². The Morgan fingerprint density at radius 2 is 2.06 bits per heavy atom. The van der Waals surface area contributed by atoms with Crippen LogP contribution in [0.25, 0.3) is 0 Å². The highest BCUT2D eigenvalue weighted by atomic mass is 35.5. The number of hydrogen-bond donors (Lipinski definition) is 1. The third kappa shape index (κ3) is 3.47. The van der Waals surface area contributed by atoms with Crippen LogP contribution < -0.4 is 4.90 Å². The van der Waals surface area contributed by atoms with Crippen LogP contribution in [0.2, 0.25) is 5.02 Å². The maximum absolute atomic E-state index is 11.6. The molecule has 0 aliphatic heterocycles. The molecule has 1 atom stereocenters. The molecule has 5 heteroatoms. The van der Waals surface area contributed by atoms with Gasteiger partial charge in [0.2, 0.25) is 5.91 Å². The molecule has 1 unspecified atom stereocenters. The molecular formula is C13H16ClNO3. The summed E-state index contributed by atoms with van der Waals surface area (Å²) < 4.78 is 0. The van der Waals surface area contributed by atoms with Gasteiger partial charge in [0.1, 0.15) is 0 Å². The van der Waals surface area contributed by atoms with Gasteiger partial charge in [-0.25, -0.2) is 0 Å². The summed E-state index contributed by atoms with van der Waals surface area (Å²) in [5.41, 5.74) is 1.53. The van der Waals surface area contributed by atoms with Gasteiger partial charge < -0.3 is 10.0 Å². The van der Waals surface area contributed by atoms with Gasteiger partial charge in [0, 0.05) is 24.2 Å². The van der Waals surface area contributed by atoms with Gasteiger partial charge in [0.05, 0.1) is 5.92 Å². The van der Waals surface area contributed by atoms with Crippen LogP contribution >= 0.6 is 11.6 Å². The van der Waals surface area contributed by atoms with E-state index in [-0.39, 0.29) is 12.5 Å². The summed E-state index contributed by atoms with van der Waals surface area (Å²) in [4.78, 5) is 23.9. The molecule has 4 nitrogen and oxygen atoms in total. The molecule has 1 amide bonds. The Kier molecular flexibility index (Phi) is 4.73. The predicted molar refractivity (Wildman–Crippen MR) is 71.0 cm³/mol. The highest BCUT2D eigenvalue weighted by Gasteiger charge is 2.19. The predicted octanol–water partition coefficient (Wildman–Crippen LogP) is 2.72. The second-order valence-electron chi connectivity index (χ2n) is 4.30. The molecule has 1 rings (SSSR count). The maximum Gasteiger partial charge on any atom is 0.308 e. The number of nitrogens with zero attached hydrogens (tertiary/aromatic N) is 1. The first-order valence-electron chi connectivity index (χ1n) is 5.60. The number of aliphatic carboxylic acids is 1. The Morgan fingerprint density at radius 1 is 1.44 bits per heavy atom. The monoisotopic (exact) mass is 269 g/mol. The summed E-state index contributed by atoms with van der Waals surface area (Å²) in [6.07, 6.45) is 0. The number of anilines is 1. The number of carboxylic acids is 1. The van der Waals surface area contributed by atoms with Gasteiger partial charge in [-0.05, 0) is 24.6 Å². The molecular weight excluding hydrogens is 254 g/mol. The summed E-state index contributed by atoms with van der Waals surface area (Å²) in [6.45, 7) is 4.96. The number of carbonyl (C=O) groups is 2. The molecule has 0 aliphatic rings. The zero-order valence-corrected chi connectivity index (χ0v) is 11.4. The normalized spacial score (nSPS) is 12.0. The van der Waals surface area contributed by atoms with Crippen LogP contribution in [-0.4, -0.2) is 23.5 Å². The van der Waals surface area contributed by atoms with E-state index in [1.54, 1.807) is 25.1 Å². The van der Waals surface area contributed by atoms with Crippen molar-refractivity contribution < 1.29 is 14.7 Å². The quantitative estimate of drug-likeness (QED) is 0.914. The topological polar surface area (TPSA) is 57.6 Å². The lowest BCUT2D eigenvalue weighted by Crippen LogP contribution is -2.35. The molecule has 1 aromatic rings. The zero-order chi connectivity index (χ0) is 13.9. The van der Waals surface area contributed by atoms with E-state index in [4.69, 9.17) is 16.7 Å². The molecule has 0 radical (unpaired) electrons. The van der Waals surface area contributed by atoms with Crippen LogP contribution in [-0.2, 0) is 9.59 Å². The van der Waals surface area contributed by atoms with Gasteiger partial charge in [0.15, 0.2) is 0 Å². The Bertz CT molecular complexity index is 473. The van der Waals surface area contributed by atoms with Gasteiger partial charge in [-0.2, -0.15) is 0 Å². The van der Waals surface area contributed by atoms with Crippen molar-refractivity contribution in [2.24, 2.45) is 5.92 Å². The van der Waals surface area contributed by atoms with Crippen molar-refractivity contribution in [3.05, 3.63) is 28.8 Å². The van der Waals surface area contributed by atoms with E-state index in [2.05, 4.69) is 0 Å². The Balaban J connectivity index is 3.01. The average Bonchev–Trinajstić information content (AvgIpc) is 2.29. The Hall–Kier alpha value is -1.55. The van der Waals surface area contributed by atoms with Crippen molar-refractivity contribution in [1.82, 2.24) is 0 Å². The SMILES string of the molecule is CC(=O)N(CC(C)C(=O)O)c1ccc(C)c(Cl)c1. The third-order valence-electron chi connectivity index (χ3n) is 2.73. The minimum atomic E-state index is -0.931. The smallest absolute Gasteiger partial charge is 0.308 e. The second kappa shape index (κ2) is 5.87. The van der Waals surface area contributed by atoms with Crippen LogP contribution in [0.3, 0.4) is 0 Å². The molecule has 0 saturated carbocycles. The lowest BCUT2D eigenvalue weighted by Gasteiger charge is -2.23. The van der Waals surface area contributed by atoms with Crippen LogP contribution in [0.1, 0.15) is 19.4 Å². The summed E-state index contributed by atoms with van der Waals surface area (Å²) in [5, 5.41) is 9.45. The summed E-state index contributed by atoms with van der Waals surface area (Å²) in [6, 6.07) is 5.24. The number of hydrogen-bond acceptors (Lipinski definition) is 2. The highest BCUT2D eigenvalue weighted by Crippen LogP contribution is 2.24. The molecule has 18 heavy (non-hydrogen) atoms. The van der Waals surface area contributed by atoms with Crippen LogP contribution in [0.4, 0.5) is 5.69 Å². The first-order valence-corrected chi connectivity index (χ1v) is 5.97. The third-order valence-corrected chi connectivity index (χ3v) is 3.13. The van der Waals surface area contributed by atoms with E-state index in [0.29, 0.717) is 10.7 Å². The van der Waals surface area contributed by atoms with E-state index in [9.17, 15) is 9.59 Å². The minimum absolute atomic E-state index is 0.129. The van der Waals surface area contributed by atoms with Gasteiger partial charge in [-0.1, -0.05) is 24.6 Å². The number of aryl methyl sites for hydroxylation is 1. The van der Waals surface area contributed by atoms with Crippen molar-refractivity contribution in [3.8, 4) is 0 Å². The van der Waals surface area contributed by atoms with Crippen molar-refractivity contribution in [2.75, 3.05) is 11.4 Å². The van der Waals surface area contributed by atoms with Crippen LogP contribution in [0.5, 0.6) is 0 Å². The average molecular weight is 270 g/mol. The minimum Gasteiger partial charge on any atom is -0.481 e. The summed E-state index contributed by atoms with van der Waals surface area (Å²) in [7, 11) is 0. The molecule has 0 fully saturated rings. The van der Waals surface area contributed by atoms with E-state index >= 15 is 0 Å². The van der Waals surface area contributed by atoms with E-state index in [1.165, 1.54) is 11.8 Å². The number of amides is 1. The standard InChI is InChI=1S/C13H16ClNO3/c1-8-4-5-11(6-12(8)14)15(10(3)16)7-9(2)13(17)18/h4-6,9H,7H2,1-3H3,(H,17,18).